The molecule has 0 bridgehead atoms. The fourth-order valence-electron chi connectivity index (χ4n) is 2.91. The number of carbonyl (C=O) groups is 1. The number of nitrogens with one attached hydrogen (secondary N) is 1. The summed E-state index contributed by atoms with van der Waals surface area (Å²) in [6, 6.07) is 0. The third-order valence-electron chi connectivity index (χ3n) is 3.64. The second-order valence-electron chi connectivity index (χ2n) is 4.72. The van der Waals surface area contributed by atoms with Crippen molar-refractivity contribution >= 4 is 5.91 Å². The van der Waals surface area contributed by atoms with Crippen molar-refractivity contribution in [3.63, 3.8) is 0 Å². The van der Waals surface area contributed by atoms with Crippen molar-refractivity contribution in [3.8, 4) is 0 Å². The van der Waals surface area contributed by atoms with E-state index in [0.717, 1.165) is 18.9 Å². The Kier molecular flexibility index (Phi) is 2.56. The van der Waals surface area contributed by atoms with E-state index in [2.05, 4.69) is 12.2 Å². The molecule has 1 amide bonds. The highest BCUT2D eigenvalue weighted by atomic mass is 16.2. The van der Waals surface area contributed by atoms with E-state index in [4.69, 9.17) is 0 Å². The van der Waals surface area contributed by atoms with Crippen molar-refractivity contribution in [1.29, 1.82) is 0 Å². The predicted molar refractivity (Wildman–Crippen MR) is 52.2 cm³/mol. The Hall–Kier alpha value is -0.530. The molecule has 0 aromatic carbocycles. The smallest absolute Gasteiger partial charge is 0.223 e. The first-order valence-electron chi connectivity index (χ1n) is 5.55. The first kappa shape index (κ1) is 9.04. The summed E-state index contributed by atoms with van der Waals surface area (Å²) in [5.41, 5.74) is 0. The maximum absolute atomic E-state index is 11.5. The van der Waals surface area contributed by atoms with Gasteiger partial charge in [-0.1, -0.05) is 19.8 Å². The molecule has 1 aliphatic carbocycles. The zero-order valence-corrected chi connectivity index (χ0v) is 8.38. The Balaban J connectivity index is 1.95. The van der Waals surface area contributed by atoms with Gasteiger partial charge in [0.25, 0.3) is 0 Å². The van der Waals surface area contributed by atoms with Crippen LogP contribution in [0, 0.1) is 17.8 Å². The number of hydrogen-bond donors (Lipinski definition) is 1. The molecule has 3 atom stereocenters. The van der Waals surface area contributed by atoms with E-state index >= 15 is 0 Å². The van der Waals surface area contributed by atoms with Crippen molar-refractivity contribution in [3.05, 3.63) is 0 Å². The van der Waals surface area contributed by atoms with Gasteiger partial charge in [0.05, 0.1) is 0 Å². The molecule has 2 heteroatoms. The number of rotatable bonds is 1. The number of hydrogen-bond acceptors (Lipinski definition) is 1. The van der Waals surface area contributed by atoms with Gasteiger partial charge in [0.15, 0.2) is 0 Å². The first-order valence-corrected chi connectivity index (χ1v) is 5.55. The van der Waals surface area contributed by atoms with Crippen LogP contribution in [-0.2, 0) is 4.79 Å². The Labute approximate surface area is 80.1 Å². The highest BCUT2D eigenvalue weighted by Gasteiger charge is 2.34. The van der Waals surface area contributed by atoms with Gasteiger partial charge in [-0.2, -0.15) is 0 Å². The van der Waals surface area contributed by atoms with E-state index in [-0.39, 0.29) is 0 Å². The molecule has 3 unspecified atom stereocenters. The van der Waals surface area contributed by atoms with Crippen molar-refractivity contribution < 1.29 is 4.79 Å². The van der Waals surface area contributed by atoms with Gasteiger partial charge in [-0.05, 0) is 31.1 Å². The van der Waals surface area contributed by atoms with Crippen LogP contribution in [0.15, 0.2) is 0 Å². The molecular weight excluding hydrogens is 162 g/mol. The monoisotopic (exact) mass is 181 g/mol. The van der Waals surface area contributed by atoms with Crippen LogP contribution >= 0.6 is 0 Å². The van der Waals surface area contributed by atoms with Crippen LogP contribution in [0.5, 0.6) is 0 Å². The summed E-state index contributed by atoms with van der Waals surface area (Å²) in [6.07, 6.45) is 6.33. The Morgan fingerprint density at radius 1 is 1.31 bits per heavy atom. The van der Waals surface area contributed by atoms with Gasteiger partial charge in [-0.25, -0.2) is 0 Å². The van der Waals surface area contributed by atoms with Gasteiger partial charge in [-0.3, -0.25) is 4.79 Å². The van der Waals surface area contributed by atoms with Crippen LogP contribution in [0.4, 0.5) is 0 Å². The van der Waals surface area contributed by atoms with Gasteiger partial charge in [0.2, 0.25) is 5.91 Å². The largest absolute Gasteiger partial charge is 0.356 e. The van der Waals surface area contributed by atoms with E-state index in [1.54, 1.807) is 0 Å². The Morgan fingerprint density at radius 2 is 2.15 bits per heavy atom. The van der Waals surface area contributed by atoms with E-state index in [1.807, 2.05) is 0 Å². The summed E-state index contributed by atoms with van der Waals surface area (Å²) in [6.45, 7) is 3.23. The van der Waals surface area contributed by atoms with Gasteiger partial charge in [0.1, 0.15) is 0 Å². The van der Waals surface area contributed by atoms with Gasteiger partial charge in [0, 0.05) is 12.5 Å². The molecule has 2 aliphatic rings. The Morgan fingerprint density at radius 3 is 2.77 bits per heavy atom. The summed E-state index contributed by atoms with van der Waals surface area (Å²) in [4.78, 5) is 11.5. The molecule has 74 valence electrons. The molecule has 1 saturated carbocycles. The molecule has 2 rings (SSSR count). The van der Waals surface area contributed by atoms with Gasteiger partial charge >= 0.3 is 0 Å². The minimum Gasteiger partial charge on any atom is -0.356 e. The molecule has 1 aliphatic heterocycles. The average Bonchev–Trinajstić information content (AvgIpc) is 2.51. The highest BCUT2D eigenvalue weighted by molar-refractivity contribution is 5.80. The minimum absolute atomic E-state index is 0.319. The number of carbonyl (C=O) groups excluding carboxylic acids is 1. The van der Waals surface area contributed by atoms with E-state index < -0.39 is 0 Å². The summed E-state index contributed by atoms with van der Waals surface area (Å²) < 4.78 is 0. The molecule has 1 heterocycles. The molecule has 1 saturated heterocycles. The molecule has 0 aromatic heterocycles. The molecular formula is C11H19NO. The lowest BCUT2D eigenvalue weighted by Gasteiger charge is -2.29. The lowest BCUT2D eigenvalue weighted by atomic mass is 9.75. The molecule has 13 heavy (non-hydrogen) atoms. The van der Waals surface area contributed by atoms with Crippen LogP contribution in [0.25, 0.3) is 0 Å². The third-order valence-corrected chi connectivity index (χ3v) is 3.64. The summed E-state index contributed by atoms with van der Waals surface area (Å²) >= 11 is 0. The molecule has 2 fully saturated rings. The lowest BCUT2D eigenvalue weighted by Crippen LogP contribution is -2.28. The van der Waals surface area contributed by atoms with Crippen molar-refractivity contribution in [2.45, 2.75) is 39.0 Å². The standard InChI is InChI=1S/C11H19NO/c1-8-3-2-4-9(7-8)10-5-6-12-11(10)13/h8-10H,2-7H2,1H3,(H,12,13). The highest BCUT2D eigenvalue weighted by Crippen LogP contribution is 2.36. The molecule has 2 nitrogen and oxygen atoms in total. The van der Waals surface area contributed by atoms with Crippen molar-refractivity contribution in [2.75, 3.05) is 6.54 Å². The predicted octanol–water partition coefficient (Wildman–Crippen LogP) is 1.95. The Bertz CT molecular complexity index is 202. The van der Waals surface area contributed by atoms with Crippen LogP contribution < -0.4 is 5.32 Å². The average molecular weight is 181 g/mol. The summed E-state index contributed by atoms with van der Waals surface area (Å²) in [5, 5.41) is 2.94. The van der Waals surface area contributed by atoms with Crippen LogP contribution in [-0.4, -0.2) is 12.5 Å². The second-order valence-corrected chi connectivity index (χ2v) is 4.72. The molecule has 1 N–H and O–H groups in total. The zero-order chi connectivity index (χ0) is 9.26. The van der Waals surface area contributed by atoms with Crippen LogP contribution in [0.3, 0.4) is 0 Å². The fraction of sp³-hybridized carbons (Fsp3) is 0.909. The quantitative estimate of drug-likeness (QED) is 0.658. The SMILES string of the molecule is CC1CCCC(C2CCNC2=O)C1. The lowest BCUT2D eigenvalue weighted by molar-refractivity contribution is -0.124. The summed E-state index contributed by atoms with van der Waals surface area (Å²) in [7, 11) is 0. The second kappa shape index (κ2) is 3.69. The van der Waals surface area contributed by atoms with Crippen LogP contribution in [0.2, 0.25) is 0 Å². The fourth-order valence-corrected chi connectivity index (χ4v) is 2.91. The van der Waals surface area contributed by atoms with E-state index in [1.165, 1.54) is 25.7 Å². The normalized spacial score (nSPS) is 40.4. The van der Waals surface area contributed by atoms with E-state index in [0.29, 0.717) is 17.7 Å². The van der Waals surface area contributed by atoms with Crippen LogP contribution in [0.1, 0.15) is 39.0 Å². The van der Waals surface area contributed by atoms with E-state index in [9.17, 15) is 4.79 Å². The molecule has 0 radical (unpaired) electrons. The minimum atomic E-state index is 0.319. The molecule has 0 aromatic rings. The van der Waals surface area contributed by atoms with Crippen molar-refractivity contribution in [1.82, 2.24) is 5.32 Å². The third kappa shape index (κ3) is 1.87. The molecule has 0 spiro atoms. The van der Waals surface area contributed by atoms with Gasteiger partial charge < -0.3 is 5.32 Å². The summed E-state index contributed by atoms with van der Waals surface area (Å²) in [5.74, 6) is 2.19. The number of amides is 1. The maximum atomic E-state index is 11.5. The van der Waals surface area contributed by atoms with Crippen molar-refractivity contribution in [2.24, 2.45) is 17.8 Å². The topological polar surface area (TPSA) is 29.1 Å². The zero-order valence-electron chi connectivity index (χ0n) is 8.38. The van der Waals surface area contributed by atoms with Gasteiger partial charge in [-0.15, -0.1) is 0 Å². The first-order chi connectivity index (χ1) is 6.27. The maximum Gasteiger partial charge on any atom is 0.223 e.